The van der Waals surface area contributed by atoms with Gasteiger partial charge < -0.3 is 19.8 Å². The van der Waals surface area contributed by atoms with E-state index in [1.807, 2.05) is 7.11 Å². The van der Waals surface area contributed by atoms with Crippen LogP contribution in [0.15, 0.2) is 5.38 Å². The van der Waals surface area contributed by atoms with Crippen molar-refractivity contribution in [2.24, 2.45) is 5.41 Å². The fourth-order valence-corrected chi connectivity index (χ4v) is 4.79. The Morgan fingerprint density at radius 3 is 2.00 bits per heavy atom. The van der Waals surface area contributed by atoms with Gasteiger partial charge in [-0.05, 0) is 51.2 Å². The largest absolute Gasteiger partial charge is 0.490 e. The molecule has 15 heteroatoms. The van der Waals surface area contributed by atoms with Gasteiger partial charge in [0.2, 0.25) is 0 Å². The number of nitrogens with zero attached hydrogens (tertiary/aromatic N) is 3. The van der Waals surface area contributed by atoms with Gasteiger partial charge in [-0.15, -0.1) is 11.3 Å². The molecule has 1 atom stereocenters. The van der Waals surface area contributed by atoms with Crippen LogP contribution in [0, 0.1) is 12.3 Å². The van der Waals surface area contributed by atoms with Crippen molar-refractivity contribution in [2.45, 2.75) is 58.0 Å². The Labute approximate surface area is 208 Å². The first kappa shape index (κ1) is 32.1. The van der Waals surface area contributed by atoms with Crippen LogP contribution in [0.25, 0.3) is 0 Å². The Kier molecular flexibility index (Phi) is 12.1. The van der Waals surface area contributed by atoms with E-state index in [-0.39, 0.29) is 0 Å². The minimum atomic E-state index is -5.08. The number of piperidine rings is 1. The molecule has 0 bridgehead atoms. The average molecular weight is 552 g/mol. The Morgan fingerprint density at radius 1 is 1.14 bits per heavy atom. The highest BCUT2D eigenvalue weighted by atomic mass is 32.1. The molecule has 2 aliphatic heterocycles. The van der Waals surface area contributed by atoms with Crippen molar-refractivity contribution in [3.8, 4) is 0 Å². The lowest BCUT2D eigenvalue weighted by Crippen LogP contribution is -2.41. The molecular weight excluding hydrogens is 520 g/mol. The fourth-order valence-electron chi connectivity index (χ4n) is 4.19. The number of methoxy groups -OCH3 is 1. The van der Waals surface area contributed by atoms with E-state index in [4.69, 9.17) is 24.5 Å². The highest BCUT2D eigenvalue weighted by molar-refractivity contribution is 7.09. The molecule has 0 saturated carbocycles. The van der Waals surface area contributed by atoms with Crippen molar-refractivity contribution in [1.82, 2.24) is 14.8 Å². The molecule has 2 saturated heterocycles. The van der Waals surface area contributed by atoms with Crippen molar-refractivity contribution in [1.29, 1.82) is 0 Å². The second kappa shape index (κ2) is 13.5. The van der Waals surface area contributed by atoms with Gasteiger partial charge in [-0.1, -0.05) is 6.92 Å². The van der Waals surface area contributed by atoms with E-state index in [0.717, 1.165) is 13.2 Å². The number of likely N-dealkylation sites (tertiary alicyclic amines) is 2. The Bertz CT molecular complexity index is 817. The van der Waals surface area contributed by atoms with Crippen LogP contribution in [0.5, 0.6) is 0 Å². The van der Waals surface area contributed by atoms with Crippen LogP contribution in [-0.4, -0.2) is 95.2 Å². The first-order valence-electron chi connectivity index (χ1n) is 11.0. The van der Waals surface area contributed by atoms with Gasteiger partial charge in [0.1, 0.15) is 0 Å². The van der Waals surface area contributed by atoms with Crippen LogP contribution in [0.4, 0.5) is 26.3 Å². The van der Waals surface area contributed by atoms with Crippen LogP contribution < -0.4 is 0 Å². The number of carbonyl (C=O) groups is 2. The van der Waals surface area contributed by atoms with E-state index in [0.29, 0.717) is 11.5 Å². The summed E-state index contributed by atoms with van der Waals surface area (Å²) >= 11 is 1.76. The molecule has 208 valence electrons. The summed E-state index contributed by atoms with van der Waals surface area (Å²) in [4.78, 5) is 27.7. The monoisotopic (exact) mass is 551 g/mol. The summed E-state index contributed by atoms with van der Waals surface area (Å²) in [7, 11) is 1.83. The van der Waals surface area contributed by atoms with Crippen LogP contribution in [0.3, 0.4) is 0 Å². The first-order valence-corrected chi connectivity index (χ1v) is 11.9. The molecular formula is C21H31F6N3O5S. The molecule has 8 nitrogen and oxygen atoms in total. The predicted octanol–water partition coefficient (Wildman–Crippen LogP) is 4.04. The molecule has 2 N–H and O–H groups in total. The number of hydrogen-bond donors (Lipinski definition) is 2. The number of thiazole rings is 1. The Morgan fingerprint density at radius 2 is 1.64 bits per heavy atom. The smallest absolute Gasteiger partial charge is 0.475 e. The predicted molar refractivity (Wildman–Crippen MR) is 119 cm³/mol. The standard InChI is InChI=1S/C17H29N3OS.2C2HF3O2/c1-4-19-7-5-17(6-8-19)9-16(11-21-3)20(13-17)10-15-12-22-14(2)18-15;2*3-2(4,5)1(6)7/h12,16H,4-11,13H2,1-3H3;2*(H,6,7). The average Bonchev–Trinajstić information content (AvgIpc) is 3.32. The van der Waals surface area contributed by atoms with E-state index in [2.05, 4.69) is 34.0 Å². The van der Waals surface area contributed by atoms with Crippen LogP contribution in [0.1, 0.15) is 36.9 Å². The topological polar surface area (TPSA) is 103 Å². The van der Waals surface area contributed by atoms with Crippen molar-refractivity contribution < 1.29 is 50.9 Å². The summed E-state index contributed by atoms with van der Waals surface area (Å²) in [5.74, 6) is -5.51. The van der Waals surface area contributed by atoms with Crippen molar-refractivity contribution >= 4 is 23.3 Å². The molecule has 3 heterocycles. The number of carboxylic acid groups (broad SMARTS) is 2. The molecule has 1 spiro atoms. The summed E-state index contributed by atoms with van der Waals surface area (Å²) in [5, 5.41) is 17.6. The van der Waals surface area contributed by atoms with Gasteiger partial charge in [0.05, 0.1) is 17.3 Å². The normalized spacial score (nSPS) is 20.3. The van der Waals surface area contributed by atoms with Gasteiger partial charge in [0.25, 0.3) is 0 Å². The Balaban J connectivity index is 0.000000383. The molecule has 36 heavy (non-hydrogen) atoms. The molecule has 2 aliphatic rings. The maximum absolute atomic E-state index is 10.6. The van der Waals surface area contributed by atoms with E-state index < -0.39 is 24.3 Å². The number of aryl methyl sites for hydroxylation is 1. The third-order valence-corrected chi connectivity index (χ3v) is 6.79. The van der Waals surface area contributed by atoms with Gasteiger partial charge in [0.15, 0.2) is 0 Å². The summed E-state index contributed by atoms with van der Waals surface area (Å²) < 4.78 is 69.0. The van der Waals surface area contributed by atoms with E-state index in [1.54, 1.807) is 11.3 Å². The second-order valence-corrected chi connectivity index (χ2v) is 9.68. The van der Waals surface area contributed by atoms with E-state index in [9.17, 15) is 26.3 Å². The SMILES string of the molecule is CCN1CCC2(CC1)CC(COC)N(Cc1csc(C)n1)C2.O=C(O)C(F)(F)F.O=C(O)C(F)(F)F. The quantitative estimate of drug-likeness (QED) is 0.529. The van der Waals surface area contributed by atoms with Crippen LogP contribution >= 0.6 is 11.3 Å². The zero-order chi connectivity index (χ0) is 27.7. The van der Waals surface area contributed by atoms with Gasteiger partial charge in [-0.3, -0.25) is 4.90 Å². The first-order chi connectivity index (χ1) is 16.5. The van der Waals surface area contributed by atoms with Crippen LogP contribution in [0.2, 0.25) is 0 Å². The lowest BCUT2D eigenvalue weighted by atomic mass is 9.76. The summed E-state index contributed by atoms with van der Waals surface area (Å²) in [6, 6.07) is 0.556. The molecule has 1 unspecified atom stereocenters. The lowest BCUT2D eigenvalue weighted by Gasteiger charge is -2.39. The van der Waals surface area contributed by atoms with E-state index in [1.165, 1.54) is 56.1 Å². The number of carboxylic acids is 2. The minimum Gasteiger partial charge on any atom is -0.475 e. The van der Waals surface area contributed by atoms with Gasteiger partial charge >= 0.3 is 24.3 Å². The number of halogens is 6. The lowest BCUT2D eigenvalue weighted by molar-refractivity contribution is -0.193. The zero-order valence-corrected chi connectivity index (χ0v) is 21.0. The van der Waals surface area contributed by atoms with Crippen LogP contribution in [-0.2, 0) is 20.9 Å². The summed E-state index contributed by atoms with van der Waals surface area (Å²) in [6.45, 7) is 11.1. The zero-order valence-electron chi connectivity index (χ0n) is 20.2. The van der Waals surface area contributed by atoms with Crippen molar-refractivity contribution in [2.75, 3.05) is 39.9 Å². The molecule has 0 aromatic carbocycles. The minimum absolute atomic E-state index is 0.514. The van der Waals surface area contributed by atoms with Gasteiger partial charge in [-0.2, -0.15) is 26.3 Å². The van der Waals surface area contributed by atoms with Crippen molar-refractivity contribution in [3.05, 3.63) is 16.1 Å². The van der Waals surface area contributed by atoms with Crippen molar-refractivity contribution in [3.63, 3.8) is 0 Å². The highest BCUT2D eigenvalue weighted by Crippen LogP contribution is 2.43. The molecule has 3 rings (SSSR count). The summed E-state index contributed by atoms with van der Waals surface area (Å²) in [6.07, 6.45) is -6.19. The number of ether oxygens (including phenoxy) is 1. The van der Waals surface area contributed by atoms with Gasteiger partial charge in [0, 0.05) is 31.6 Å². The number of hydrogen-bond acceptors (Lipinski definition) is 7. The van der Waals surface area contributed by atoms with Gasteiger partial charge in [-0.25, -0.2) is 14.6 Å². The fraction of sp³-hybridized carbons (Fsp3) is 0.762. The number of aliphatic carboxylic acids is 2. The number of aromatic nitrogens is 1. The van der Waals surface area contributed by atoms with E-state index >= 15 is 0 Å². The molecule has 1 aromatic rings. The molecule has 0 aliphatic carbocycles. The molecule has 2 fully saturated rings. The Hall–Kier alpha value is -1.97. The third kappa shape index (κ3) is 10.6. The number of alkyl halides is 6. The number of rotatable bonds is 5. The highest BCUT2D eigenvalue weighted by Gasteiger charge is 2.45. The second-order valence-electron chi connectivity index (χ2n) is 8.62. The summed E-state index contributed by atoms with van der Waals surface area (Å²) in [5.41, 5.74) is 1.74. The maximum atomic E-state index is 10.6. The molecule has 0 radical (unpaired) electrons. The third-order valence-electron chi connectivity index (χ3n) is 5.96. The molecule has 1 aromatic heterocycles. The maximum Gasteiger partial charge on any atom is 0.490 e. The molecule has 0 amide bonds.